The molecule has 0 saturated heterocycles. The van der Waals surface area contributed by atoms with E-state index in [1.54, 1.807) is 6.07 Å². The second-order valence-corrected chi connectivity index (χ2v) is 4.79. The molecule has 0 fully saturated rings. The van der Waals surface area contributed by atoms with Gasteiger partial charge in [-0.05, 0) is 43.1 Å². The van der Waals surface area contributed by atoms with E-state index in [0.717, 1.165) is 24.9 Å². The zero-order valence-corrected chi connectivity index (χ0v) is 10.1. The van der Waals surface area contributed by atoms with Gasteiger partial charge in [-0.15, -0.1) is 0 Å². The van der Waals surface area contributed by atoms with Gasteiger partial charge in [0.15, 0.2) is 0 Å². The average Bonchev–Trinajstić information content (AvgIpc) is 2.69. The topological polar surface area (TPSA) is 48.0 Å². The number of hydrogen-bond acceptors (Lipinski definition) is 2. The molecule has 1 aliphatic heterocycles. The molecule has 1 aromatic carbocycles. The maximum atomic E-state index is 9.59. The Balaban J connectivity index is 2.15. The van der Waals surface area contributed by atoms with Crippen LogP contribution in [0, 0.1) is 0 Å². The molecule has 0 aliphatic carbocycles. The molecule has 3 N–H and O–H groups in total. The van der Waals surface area contributed by atoms with E-state index in [4.69, 9.17) is 0 Å². The summed E-state index contributed by atoms with van der Waals surface area (Å²) in [7, 11) is 0. The third kappa shape index (κ3) is 1.71. The molecule has 0 saturated carbocycles. The van der Waals surface area contributed by atoms with E-state index in [-0.39, 0.29) is 0 Å². The minimum Gasteiger partial charge on any atom is -0.508 e. The minimum atomic E-state index is 0.352. The fraction of sp³-hybridized carbons (Fsp3) is 0.429. The number of nitrogens with one attached hydrogen (secondary N) is 2. The SMILES string of the molecule is CCCC1NCCc2c1[nH]c1ccc(O)cc21. The highest BCUT2D eigenvalue weighted by Gasteiger charge is 2.22. The second-order valence-electron chi connectivity index (χ2n) is 4.79. The van der Waals surface area contributed by atoms with Crippen molar-refractivity contribution in [1.29, 1.82) is 0 Å². The van der Waals surface area contributed by atoms with Crippen LogP contribution in [0.4, 0.5) is 0 Å². The van der Waals surface area contributed by atoms with Crippen molar-refractivity contribution >= 4 is 10.9 Å². The maximum Gasteiger partial charge on any atom is 0.116 e. The number of benzene rings is 1. The zero-order valence-electron chi connectivity index (χ0n) is 10.1. The van der Waals surface area contributed by atoms with E-state index in [2.05, 4.69) is 17.2 Å². The van der Waals surface area contributed by atoms with Crippen LogP contribution < -0.4 is 5.32 Å². The molecule has 17 heavy (non-hydrogen) atoms. The molecule has 0 radical (unpaired) electrons. The largest absolute Gasteiger partial charge is 0.508 e. The van der Waals surface area contributed by atoms with Gasteiger partial charge in [0.2, 0.25) is 0 Å². The van der Waals surface area contributed by atoms with Crippen LogP contribution in [-0.4, -0.2) is 16.6 Å². The van der Waals surface area contributed by atoms with Crippen LogP contribution in [0.25, 0.3) is 10.9 Å². The standard InChI is InChI=1S/C14H18N2O/c1-2-3-13-14-10(6-7-15-13)11-8-9(17)4-5-12(11)16-14/h4-5,8,13,15-17H,2-3,6-7H2,1H3. The summed E-state index contributed by atoms with van der Waals surface area (Å²) in [4.78, 5) is 3.50. The molecule has 0 amide bonds. The van der Waals surface area contributed by atoms with Crippen molar-refractivity contribution < 1.29 is 5.11 Å². The molecule has 1 atom stereocenters. The van der Waals surface area contributed by atoms with Gasteiger partial charge in [-0.2, -0.15) is 0 Å². The Hall–Kier alpha value is -1.48. The van der Waals surface area contributed by atoms with E-state index in [1.807, 2.05) is 12.1 Å². The molecule has 0 spiro atoms. The molecule has 1 aromatic heterocycles. The molecule has 0 bridgehead atoms. The fourth-order valence-corrected chi connectivity index (χ4v) is 2.83. The molecule has 3 nitrogen and oxygen atoms in total. The summed E-state index contributed by atoms with van der Waals surface area (Å²) in [6.07, 6.45) is 3.38. The summed E-state index contributed by atoms with van der Waals surface area (Å²) in [6.45, 7) is 3.24. The smallest absolute Gasteiger partial charge is 0.116 e. The number of aromatic amines is 1. The Morgan fingerprint density at radius 3 is 3.12 bits per heavy atom. The van der Waals surface area contributed by atoms with Gasteiger partial charge < -0.3 is 15.4 Å². The molecule has 1 aliphatic rings. The first-order valence-electron chi connectivity index (χ1n) is 6.36. The first-order valence-corrected chi connectivity index (χ1v) is 6.36. The Kier molecular flexibility index (Phi) is 2.56. The number of aromatic hydroxyl groups is 1. The van der Waals surface area contributed by atoms with Crippen molar-refractivity contribution in [2.45, 2.75) is 32.2 Å². The van der Waals surface area contributed by atoms with E-state index >= 15 is 0 Å². The van der Waals surface area contributed by atoms with Gasteiger partial charge in [0, 0.05) is 22.6 Å². The van der Waals surface area contributed by atoms with Crippen LogP contribution in [0.1, 0.15) is 37.1 Å². The Morgan fingerprint density at radius 1 is 1.41 bits per heavy atom. The van der Waals surface area contributed by atoms with Gasteiger partial charge in [0.05, 0.1) is 0 Å². The first kappa shape index (κ1) is 10.7. The lowest BCUT2D eigenvalue weighted by molar-refractivity contribution is 0.464. The Labute approximate surface area is 101 Å². The fourth-order valence-electron chi connectivity index (χ4n) is 2.83. The number of phenols is 1. The van der Waals surface area contributed by atoms with Crippen LogP contribution in [0.3, 0.4) is 0 Å². The quantitative estimate of drug-likeness (QED) is 0.743. The zero-order chi connectivity index (χ0) is 11.8. The number of aromatic nitrogens is 1. The number of rotatable bonds is 2. The van der Waals surface area contributed by atoms with Crippen LogP contribution in [-0.2, 0) is 6.42 Å². The highest BCUT2D eigenvalue weighted by molar-refractivity contribution is 5.86. The molecule has 1 unspecified atom stereocenters. The number of fused-ring (bicyclic) bond motifs is 3. The predicted octanol–water partition coefficient (Wildman–Crippen LogP) is 2.86. The van der Waals surface area contributed by atoms with Gasteiger partial charge in [-0.25, -0.2) is 0 Å². The summed E-state index contributed by atoms with van der Waals surface area (Å²) >= 11 is 0. The van der Waals surface area contributed by atoms with Crippen molar-refractivity contribution in [2.75, 3.05) is 6.54 Å². The Morgan fingerprint density at radius 2 is 2.29 bits per heavy atom. The van der Waals surface area contributed by atoms with E-state index in [0.29, 0.717) is 11.8 Å². The van der Waals surface area contributed by atoms with Gasteiger partial charge in [0.25, 0.3) is 0 Å². The summed E-state index contributed by atoms with van der Waals surface area (Å²) in [5.41, 5.74) is 3.84. The van der Waals surface area contributed by atoms with Gasteiger partial charge in [0.1, 0.15) is 5.75 Å². The first-order chi connectivity index (χ1) is 8.29. The lowest BCUT2D eigenvalue weighted by Crippen LogP contribution is -2.29. The monoisotopic (exact) mass is 230 g/mol. The Bertz CT molecular complexity index is 544. The van der Waals surface area contributed by atoms with Gasteiger partial charge >= 0.3 is 0 Å². The number of hydrogen-bond donors (Lipinski definition) is 3. The van der Waals surface area contributed by atoms with E-state index in [1.165, 1.54) is 23.1 Å². The minimum absolute atomic E-state index is 0.352. The van der Waals surface area contributed by atoms with Gasteiger partial charge in [-0.3, -0.25) is 0 Å². The molecule has 2 heterocycles. The van der Waals surface area contributed by atoms with Crippen LogP contribution in [0.15, 0.2) is 18.2 Å². The maximum absolute atomic E-state index is 9.59. The predicted molar refractivity (Wildman–Crippen MR) is 69.3 cm³/mol. The van der Waals surface area contributed by atoms with Crippen LogP contribution >= 0.6 is 0 Å². The second kappa shape index (κ2) is 4.08. The van der Waals surface area contributed by atoms with Crippen molar-refractivity contribution in [3.63, 3.8) is 0 Å². The molecule has 2 aromatic rings. The van der Waals surface area contributed by atoms with Crippen molar-refractivity contribution in [3.05, 3.63) is 29.5 Å². The third-order valence-corrected chi connectivity index (χ3v) is 3.61. The summed E-state index contributed by atoms with van der Waals surface area (Å²) in [5, 5.41) is 14.3. The van der Waals surface area contributed by atoms with Crippen molar-refractivity contribution in [1.82, 2.24) is 10.3 Å². The molecule has 90 valence electrons. The third-order valence-electron chi connectivity index (χ3n) is 3.61. The lowest BCUT2D eigenvalue weighted by Gasteiger charge is -2.23. The molecule has 3 heteroatoms. The number of phenolic OH excluding ortho intramolecular Hbond substituents is 1. The summed E-state index contributed by atoms with van der Waals surface area (Å²) in [6, 6.07) is 6.02. The highest BCUT2D eigenvalue weighted by Crippen LogP contribution is 2.33. The average molecular weight is 230 g/mol. The molecular weight excluding hydrogens is 212 g/mol. The number of H-pyrrole nitrogens is 1. The van der Waals surface area contributed by atoms with Crippen LogP contribution in [0.5, 0.6) is 5.75 Å². The van der Waals surface area contributed by atoms with Gasteiger partial charge in [-0.1, -0.05) is 13.3 Å². The van der Waals surface area contributed by atoms with E-state index in [9.17, 15) is 5.11 Å². The van der Waals surface area contributed by atoms with Crippen molar-refractivity contribution in [3.8, 4) is 5.75 Å². The summed E-state index contributed by atoms with van der Waals surface area (Å²) < 4.78 is 0. The molecular formula is C14H18N2O. The van der Waals surface area contributed by atoms with Crippen LogP contribution in [0.2, 0.25) is 0 Å². The molecule has 3 rings (SSSR count). The van der Waals surface area contributed by atoms with Crippen molar-refractivity contribution in [2.24, 2.45) is 0 Å². The highest BCUT2D eigenvalue weighted by atomic mass is 16.3. The normalized spacial score (nSPS) is 19.5. The summed E-state index contributed by atoms with van der Waals surface area (Å²) in [5.74, 6) is 0.352. The lowest BCUT2D eigenvalue weighted by atomic mass is 9.96. The van der Waals surface area contributed by atoms with E-state index < -0.39 is 0 Å².